The zero-order chi connectivity index (χ0) is 12.5. The number of fused-ring (bicyclic) bond motifs is 1. The van der Waals surface area contributed by atoms with Gasteiger partial charge in [0, 0.05) is 31.9 Å². The van der Waals surface area contributed by atoms with Gasteiger partial charge in [0.2, 0.25) is 0 Å². The van der Waals surface area contributed by atoms with Gasteiger partial charge >= 0.3 is 0 Å². The minimum Gasteiger partial charge on any atom is -0.399 e. The summed E-state index contributed by atoms with van der Waals surface area (Å²) in [5, 5.41) is 0. The van der Waals surface area contributed by atoms with E-state index in [0.29, 0.717) is 0 Å². The highest BCUT2D eigenvalue weighted by molar-refractivity contribution is 5.79. The van der Waals surface area contributed by atoms with Gasteiger partial charge in [-0.15, -0.1) is 0 Å². The number of piperazine rings is 1. The lowest BCUT2D eigenvalue weighted by Gasteiger charge is -2.33. The van der Waals surface area contributed by atoms with Crippen molar-refractivity contribution < 1.29 is 0 Å². The Morgan fingerprint density at radius 2 is 1.89 bits per heavy atom. The summed E-state index contributed by atoms with van der Waals surface area (Å²) in [7, 11) is 2.15. The van der Waals surface area contributed by atoms with Crippen LogP contribution in [0.5, 0.6) is 0 Å². The molecule has 1 aromatic carbocycles. The van der Waals surface area contributed by atoms with E-state index in [1.54, 1.807) is 0 Å². The number of nitrogens with two attached hydrogens (primary N) is 1. The molecule has 1 saturated heterocycles. The van der Waals surface area contributed by atoms with Crippen LogP contribution in [0.1, 0.15) is 0 Å². The summed E-state index contributed by atoms with van der Waals surface area (Å²) in [5.41, 5.74) is 8.22. The number of likely N-dealkylation sites (N-methyl/N-ethyl adjacent to an activating group) is 1. The fourth-order valence-electron chi connectivity index (χ4n) is 2.21. The largest absolute Gasteiger partial charge is 0.399 e. The van der Waals surface area contributed by atoms with Crippen molar-refractivity contribution in [1.29, 1.82) is 0 Å². The van der Waals surface area contributed by atoms with Crippen LogP contribution in [0.25, 0.3) is 11.0 Å². The van der Waals surface area contributed by atoms with Crippen LogP contribution in [-0.4, -0.2) is 48.1 Å². The lowest BCUT2D eigenvalue weighted by atomic mass is 10.2. The normalized spacial score (nSPS) is 17.3. The van der Waals surface area contributed by atoms with E-state index >= 15 is 0 Å². The Morgan fingerprint density at radius 3 is 2.67 bits per heavy atom. The van der Waals surface area contributed by atoms with Crippen LogP contribution in [0.3, 0.4) is 0 Å². The van der Waals surface area contributed by atoms with Gasteiger partial charge < -0.3 is 15.5 Å². The molecule has 2 heterocycles. The Hall–Kier alpha value is -1.88. The molecule has 0 amide bonds. The van der Waals surface area contributed by atoms with Gasteiger partial charge in [-0.25, -0.2) is 4.98 Å². The Kier molecular flexibility index (Phi) is 2.76. The van der Waals surface area contributed by atoms with Crippen molar-refractivity contribution >= 4 is 22.5 Å². The monoisotopic (exact) mass is 243 g/mol. The maximum absolute atomic E-state index is 5.74. The van der Waals surface area contributed by atoms with Gasteiger partial charge in [-0.1, -0.05) is 0 Å². The first-order valence-corrected chi connectivity index (χ1v) is 6.18. The van der Waals surface area contributed by atoms with Gasteiger partial charge in [-0.2, -0.15) is 0 Å². The molecule has 1 aliphatic rings. The molecule has 2 N–H and O–H groups in total. The van der Waals surface area contributed by atoms with Crippen LogP contribution in [0.15, 0.2) is 24.4 Å². The number of aromatic nitrogens is 2. The van der Waals surface area contributed by atoms with Crippen molar-refractivity contribution in [2.45, 2.75) is 0 Å². The van der Waals surface area contributed by atoms with Gasteiger partial charge in [-0.05, 0) is 25.2 Å². The van der Waals surface area contributed by atoms with E-state index in [4.69, 9.17) is 5.73 Å². The number of hydrogen-bond acceptors (Lipinski definition) is 5. The molecule has 0 bridgehead atoms. The summed E-state index contributed by atoms with van der Waals surface area (Å²) in [6, 6.07) is 5.65. The highest BCUT2D eigenvalue weighted by atomic mass is 15.3. The summed E-state index contributed by atoms with van der Waals surface area (Å²) in [5.74, 6) is 0.959. The lowest BCUT2D eigenvalue weighted by molar-refractivity contribution is 0.312. The van der Waals surface area contributed by atoms with E-state index in [2.05, 4.69) is 26.8 Å². The van der Waals surface area contributed by atoms with Crippen molar-refractivity contribution in [2.75, 3.05) is 43.9 Å². The molecule has 0 atom stereocenters. The van der Waals surface area contributed by atoms with E-state index in [-0.39, 0.29) is 0 Å². The molecule has 2 aromatic rings. The molecule has 0 spiro atoms. The number of rotatable bonds is 1. The summed E-state index contributed by atoms with van der Waals surface area (Å²) in [6.45, 7) is 4.15. The molecule has 0 radical (unpaired) electrons. The first-order chi connectivity index (χ1) is 8.72. The molecule has 1 aliphatic heterocycles. The van der Waals surface area contributed by atoms with Crippen molar-refractivity contribution in [3.63, 3.8) is 0 Å². The molecule has 0 unspecified atom stereocenters. The molecule has 0 aliphatic carbocycles. The number of anilines is 2. The first kappa shape index (κ1) is 11.2. The second-order valence-corrected chi connectivity index (χ2v) is 4.77. The minimum absolute atomic E-state index is 0.726. The van der Waals surface area contributed by atoms with Crippen molar-refractivity contribution in [3.8, 4) is 0 Å². The fraction of sp³-hybridized carbons (Fsp3) is 0.385. The summed E-state index contributed by atoms with van der Waals surface area (Å²) in [4.78, 5) is 13.7. The topological polar surface area (TPSA) is 58.3 Å². The van der Waals surface area contributed by atoms with E-state index < -0.39 is 0 Å². The van der Waals surface area contributed by atoms with Crippen LogP contribution in [0, 0.1) is 0 Å². The predicted molar refractivity (Wildman–Crippen MR) is 73.7 cm³/mol. The summed E-state index contributed by atoms with van der Waals surface area (Å²) < 4.78 is 0. The summed E-state index contributed by atoms with van der Waals surface area (Å²) >= 11 is 0. The quantitative estimate of drug-likeness (QED) is 0.756. The lowest BCUT2D eigenvalue weighted by Crippen LogP contribution is -2.44. The number of benzene rings is 1. The zero-order valence-electron chi connectivity index (χ0n) is 10.5. The fourth-order valence-corrected chi connectivity index (χ4v) is 2.21. The van der Waals surface area contributed by atoms with Gasteiger partial charge in [0.05, 0.1) is 17.2 Å². The molecule has 1 aromatic heterocycles. The van der Waals surface area contributed by atoms with Crippen LogP contribution < -0.4 is 10.6 Å². The molecule has 94 valence electrons. The van der Waals surface area contributed by atoms with Gasteiger partial charge in [-0.3, -0.25) is 4.98 Å². The van der Waals surface area contributed by atoms with E-state index in [1.165, 1.54) is 0 Å². The Labute approximate surface area is 106 Å². The Balaban J connectivity index is 1.91. The maximum Gasteiger partial charge on any atom is 0.147 e. The third-order valence-corrected chi connectivity index (χ3v) is 3.38. The molecule has 5 nitrogen and oxygen atoms in total. The van der Waals surface area contributed by atoms with E-state index in [9.17, 15) is 0 Å². The van der Waals surface area contributed by atoms with Crippen LogP contribution in [-0.2, 0) is 0 Å². The number of nitrogen functional groups attached to an aromatic ring is 1. The molecule has 18 heavy (non-hydrogen) atoms. The van der Waals surface area contributed by atoms with Gasteiger partial charge in [0.15, 0.2) is 0 Å². The molecule has 3 rings (SSSR count). The Morgan fingerprint density at radius 1 is 1.11 bits per heavy atom. The second-order valence-electron chi connectivity index (χ2n) is 4.77. The standard InChI is InChI=1S/C13H17N5/c1-17-4-6-18(7-5-17)13-9-15-12-8-10(14)2-3-11(12)16-13/h2-3,8-9H,4-7,14H2,1H3. The van der Waals surface area contributed by atoms with Crippen molar-refractivity contribution in [3.05, 3.63) is 24.4 Å². The summed E-state index contributed by atoms with van der Waals surface area (Å²) in [6.07, 6.45) is 1.84. The van der Waals surface area contributed by atoms with E-state index in [0.717, 1.165) is 48.7 Å². The molecular weight excluding hydrogens is 226 g/mol. The average molecular weight is 243 g/mol. The van der Waals surface area contributed by atoms with Gasteiger partial charge in [0.25, 0.3) is 0 Å². The van der Waals surface area contributed by atoms with Crippen molar-refractivity contribution in [1.82, 2.24) is 14.9 Å². The van der Waals surface area contributed by atoms with Crippen LogP contribution in [0.2, 0.25) is 0 Å². The molecule has 1 fully saturated rings. The second kappa shape index (κ2) is 4.42. The molecule has 0 saturated carbocycles. The number of nitrogens with zero attached hydrogens (tertiary/aromatic N) is 4. The van der Waals surface area contributed by atoms with Crippen molar-refractivity contribution in [2.24, 2.45) is 0 Å². The highest BCUT2D eigenvalue weighted by Gasteiger charge is 2.15. The highest BCUT2D eigenvalue weighted by Crippen LogP contribution is 2.18. The maximum atomic E-state index is 5.74. The molecule has 5 heteroatoms. The smallest absolute Gasteiger partial charge is 0.147 e. The molecular formula is C13H17N5. The Bertz CT molecular complexity index is 560. The first-order valence-electron chi connectivity index (χ1n) is 6.18. The SMILES string of the molecule is CN1CCN(c2cnc3cc(N)ccc3n2)CC1. The number of hydrogen-bond donors (Lipinski definition) is 1. The zero-order valence-corrected chi connectivity index (χ0v) is 10.5. The van der Waals surface area contributed by atoms with Crippen LogP contribution in [0.4, 0.5) is 11.5 Å². The predicted octanol–water partition coefficient (Wildman–Crippen LogP) is 0.964. The minimum atomic E-state index is 0.726. The average Bonchev–Trinajstić information content (AvgIpc) is 2.39. The van der Waals surface area contributed by atoms with Gasteiger partial charge in [0.1, 0.15) is 5.82 Å². The van der Waals surface area contributed by atoms with Crippen LogP contribution >= 0.6 is 0 Å². The van der Waals surface area contributed by atoms with E-state index in [1.807, 2.05) is 24.4 Å². The third kappa shape index (κ3) is 2.09. The third-order valence-electron chi connectivity index (χ3n) is 3.38.